The van der Waals surface area contributed by atoms with Crippen molar-refractivity contribution < 1.29 is 30.8 Å². The molecule has 0 saturated heterocycles. The third kappa shape index (κ3) is 6.36. The van der Waals surface area contributed by atoms with Crippen molar-refractivity contribution in [2.75, 3.05) is 23.6 Å². The molecule has 3 aromatic rings. The van der Waals surface area contributed by atoms with Crippen molar-refractivity contribution in [3.05, 3.63) is 101 Å². The first-order valence-electron chi connectivity index (χ1n) is 10.9. The maximum atomic E-state index is 15.3. The van der Waals surface area contributed by atoms with E-state index in [1.54, 1.807) is 0 Å². The molecule has 0 aliphatic carbocycles. The predicted octanol–water partition coefficient (Wildman–Crippen LogP) is 4.41. The number of hydrogen-bond acceptors (Lipinski definition) is 5. The minimum absolute atomic E-state index is 0.0110. The van der Waals surface area contributed by atoms with E-state index >= 15 is 8.78 Å². The van der Waals surface area contributed by atoms with Gasteiger partial charge >= 0.3 is 0 Å². The van der Waals surface area contributed by atoms with E-state index in [1.165, 1.54) is 24.3 Å². The van der Waals surface area contributed by atoms with E-state index in [0.717, 1.165) is 31.4 Å². The van der Waals surface area contributed by atoms with Gasteiger partial charge in [-0.15, -0.1) is 6.58 Å². The SMILES string of the molecule is C=CCNC(=O)c1cc(Cc2ccnc(NS(=O)(=O)NC)c2F)c(F)c(F)c1Nc1ccc(C=C)cc1F. The van der Waals surface area contributed by atoms with Gasteiger partial charge in [-0.2, -0.15) is 8.42 Å². The highest BCUT2D eigenvalue weighted by molar-refractivity contribution is 7.90. The quantitative estimate of drug-likeness (QED) is 0.209. The zero-order valence-corrected chi connectivity index (χ0v) is 20.9. The van der Waals surface area contributed by atoms with Gasteiger partial charge in [0.2, 0.25) is 0 Å². The number of halogens is 4. The number of rotatable bonds is 11. The van der Waals surface area contributed by atoms with E-state index in [9.17, 15) is 22.0 Å². The van der Waals surface area contributed by atoms with Gasteiger partial charge in [0.15, 0.2) is 23.3 Å². The molecule has 1 amide bonds. The number of benzene rings is 2. The van der Waals surface area contributed by atoms with Crippen LogP contribution in [-0.2, 0) is 16.6 Å². The molecule has 200 valence electrons. The van der Waals surface area contributed by atoms with Crippen LogP contribution in [-0.4, -0.2) is 32.9 Å². The minimum Gasteiger partial charge on any atom is -0.350 e. The monoisotopic (exact) mass is 549 g/mol. The average molecular weight is 550 g/mol. The normalized spacial score (nSPS) is 11.1. The maximum Gasteiger partial charge on any atom is 0.300 e. The molecule has 2 aromatic carbocycles. The summed E-state index contributed by atoms with van der Waals surface area (Å²) in [7, 11) is -3.02. The van der Waals surface area contributed by atoms with Crippen molar-refractivity contribution in [1.29, 1.82) is 0 Å². The van der Waals surface area contributed by atoms with Gasteiger partial charge < -0.3 is 10.6 Å². The Labute approximate surface area is 216 Å². The molecular formula is C25H23F4N5O3S. The molecule has 0 radical (unpaired) electrons. The number of amides is 1. The van der Waals surface area contributed by atoms with E-state index in [1.807, 2.05) is 9.44 Å². The van der Waals surface area contributed by atoms with Crippen LogP contribution < -0.4 is 20.1 Å². The van der Waals surface area contributed by atoms with Crippen molar-refractivity contribution in [3.63, 3.8) is 0 Å². The molecule has 0 fully saturated rings. The summed E-state index contributed by atoms with van der Waals surface area (Å²) in [5.41, 5.74) is -1.49. The molecule has 0 saturated carbocycles. The van der Waals surface area contributed by atoms with Crippen LogP contribution in [0.25, 0.3) is 6.08 Å². The Morgan fingerprint density at radius 2 is 1.76 bits per heavy atom. The molecule has 0 bridgehead atoms. The predicted molar refractivity (Wildman–Crippen MR) is 137 cm³/mol. The Bertz CT molecular complexity index is 1510. The lowest BCUT2D eigenvalue weighted by Gasteiger charge is -2.17. The fourth-order valence-corrected chi connectivity index (χ4v) is 3.84. The first-order valence-corrected chi connectivity index (χ1v) is 12.4. The maximum absolute atomic E-state index is 15.3. The van der Waals surface area contributed by atoms with Gasteiger partial charge in [0.25, 0.3) is 16.1 Å². The summed E-state index contributed by atoms with van der Waals surface area (Å²) in [5.74, 6) is -6.38. The molecule has 13 heteroatoms. The fraction of sp³-hybridized carbons (Fsp3) is 0.120. The Kier molecular flexibility index (Phi) is 8.86. The van der Waals surface area contributed by atoms with Crippen LogP contribution in [0.2, 0.25) is 0 Å². The molecule has 0 unspecified atom stereocenters. The highest BCUT2D eigenvalue weighted by Crippen LogP contribution is 2.32. The number of nitrogens with zero attached hydrogens (tertiary/aromatic N) is 1. The largest absolute Gasteiger partial charge is 0.350 e. The molecule has 38 heavy (non-hydrogen) atoms. The van der Waals surface area contributed by atoms with Gasteiger partial charge in [-0.25, -0.2) is 27.3 Å². The summed E-state index contributed by atoms with van der Waals surface area (Å²) >= 11 is 0. The number of aromatic nitrogens is 1. The van der Waals surface area contributed by atoms with E-state index in [4.69, 9.17) is 0 Å². The first-order chi connectivity index (χ1) is 18.0. The minimum atomic E-state index is -4.11. The molecule has 1 heterocycles. The summed E-state index contributed by atoms with van der Waals surface area (Å²) in [6.45, 7) is 6.99. The number of anilines is 3. The Hall–Kier alpha value is -4.23. The smallest absolute Gasteiger partial charge is 0.300 e. The molecule has 4 N–H and O–H groups in total. The van der Waals surface area contributed by atoms with Crippen molar-refractivity contribution in [3.8, 4) is 0 Å². The lowest BCUT2D eigenvalue weighted by Crippen LogP contribution is -2.27. The highest BCUT2D eigenvalue weighted by atomic mass is 32.2. The second-order valence-electron chi connectivity index (χ2n) is 7.77. The van der Waals surface area contributed by atoms with E-state index in [2.05, 4.69) is 28.8 Å². The van der Waals surface area contributed by atoms with Gasteiger partial charge in [0.05, 0.1) is 16.9 Å². The van der Waals surface area contributed by atoms with E-state index < -0.39 is 68.4 Å². The van der Waals surface area contributed by atoms with Crippen LogP contribution in [0, 0.1) is 23.3 Å². The Morgan fingerprint density at radius 1 is 1.03 bits per heavy atom. The number of pyridine rings is 1. The number of nitrogens with one attached hydrogen (secondary N) is 4. The van der Waals surface area contributed by atoms with Gasteiger partial charge in [-0.1, -0.05) is 24.8 Å². The fourth-order valence-electron chi connectivity index (χ4n) is 3.34. The molecule has 3 rings (SSSR count). The lowest BCUT2D eigenvalue weighted by atomic mass is 9.99. The molecule has 0 aliphatic rings. The summed E-state index contributed by atoms with van der Waals surface area (Å²) in [6, 6.07) is 5.99. The number of carbonyl (C=O) groups is 1. The average Bonchev–Trinajstić information content (AvgIpc) is 2.89. The Balaban J connectivity index is 2.09. The molecule has 0 atom stereocenters. The Morgan fingerprint density at radius 3 is 2.39 bits per heavy atom. The summed E-state index contributed by atoms with van der Waals surface area (Å²) < 4.78 is 87.3. The second kappa shape index (κ2) is 11.9. The van der Waals surface area contributed by atoms with E-state index in [-0.39, 0.29) is 17.8 Å². The molecule has 8 nitrogen and oxygen atoms in total. The third-order valence-electron chi connectivity index (χ3n) is 5.27. The molecular weight excluding hydrogens is 526 g/mol. The van der Waals surface area contributed by atoms with Gasteiger partial charge in [-0.3, -0.25) is 9.52 Å². The summed E-state index contributed by atoms with van der Waals surface area (Å²) in [4.78, 5) is 16.4. The van der Waals surface area contributed by atoms with Gasteiger partial charge in [0, 0.05) is 26.2 Å². The first kappa shape index (κ1) is 28.3. The summed E-state index contributed by atoms with van der Waals surface area (Å²) in [5, 5.41) is 4.86. The zero-order valence-electron chi connectivity index (χ0n) is 20.0. The summed E-state index contributed by atoms with van der Waals surface area (Å²) in [6.07, 6.45) is 3.25. The number of carbonyl (C=O) groups excluding carboxylic acids is 1. The van der Waals surface area contributed by atoms with Crippen LogP contribution in [0.4, 0.5) is 34.8 Å². The van der Waals surface area contributed by atoms with Crippen LogP contribution in [0.1, 0.15) is 27.0 Å². The standard InChI is InChI=1S/C25H23F4N5O3S/c1-4-9-32-25(35)17-13-16(12-15-8-10-31-24(21(15)28)34-38(36,37)30-3)20(27)22(29)23(17)33-19-7-6-14(5-2)11-18(19)26/h4-8,10-11,13,30,33H,1-2,9,12H2,3H3,(H,31,34)(H,32,35). The third-order valence-corrected chi connectivity index (χ3v) is 6.27. The van der Waals surface area contributed by atoms with Gasteiger partial charge in [-0.05, 0) is 41.0 Å². The van der Waals surface area contributed by atoms with Crippen molar-refractivity contribution >= 4 is 39.4 Å². The van der Waals surface area contributed by atoms with Crippen LogP contribution in [0.15, 0.2) is 55.8 Å². The van der Waals surface area contributed by atoms with Crippen molar-refractivity contribution in [2.45, 2.75) is 6.42 Å². The molecule has 0 spiro atoms. The molecule has 1 aromatic heterocycles. The second-order valence-corrected chi connectivity index (χ2v) is 9.39. The van der Waals surface area contributed by atoms with Crippen LogP contribution in [0.5, 0.6) is 0 Å². The highest BCUT2D eigenvalue weighted by Gasteiger charge is 2.25. The lowest BCUT2D eigenvalue weighted by molar-refractivity contribution is 0.0958. The van der Waals surface area contributed by atoms with Gasteiger partial charge in [0.1, 0.15) is 5.82 Å². The van der Waals surface area contributed by atoms with Crippen LogP contribution >= 0.6 is 0 Å². The van der Waals surface area contributed by atoms with E-state index in [0.29, 0.717) is 5.56 Å². The molecule has 0 aliphatic heterocycles. The number of hydrogen-bond donors (Lipinski definition) is 4. The topological polar surface area (TPSA) is 112 Å². The zero-order chi connectivity index (χ0) is 28.0. The van der Waals surface area contributed by atoms with Crippen molar-refractivity contribution in [2.24, 2.45) is 0 Å². The van der Waals surface area contributed by atoms with Crippen molar-refractivity contribution in [1.82, 2.24) is 15.0 Å². The van der Waals surface area contributed by atoms with Crippen LogP contribution in [0.3, 0.4) is 0 Å².